The maximum Gasteiger partial charge on any atom is 0.127 e. The van der Waals surface area contributed by atoms with Gasteiger partial charge in [0.25, 0.3) is 0 Å². The van der Waals surface area contributed by atoms with Gasteiger partial charge in [-0.3, -0.25) is 0 Å². The first-order valence-electron chi connectivity index (χ1n) is 7.60. The Morgan fingerprint density at radius 3 is 2.50 bits per heavy atom. The molecule has 20 heavy (non-hydrogen) atoms. The molecule has 1 N–H and O–H groups in total. The molecule has 0 saturated carbocycles. The van der Waals surface area contributed by atoms with Crippen LogP contribution in [-0.2, 0) is 6.54 Å². The van der Waals surface area contributed by atoms with Gasteiger partial charge >= 0.3 is 0 Å². The molecule has 0 heterocycles. The van der Waals surface area contributed by atoms with Crippen molar-refractivity contribution in [2.75, 3.05) is 13.2 Å². The first kappa shape index (κ1) is 17.0. The number of hydrogen-bond donors (Lipinski definition) is 1. The second-order valence-corrected chi connectivity index (χ2v) is 6.20. The van der Waals surface area contributed by atoms with Gasteiger partial charge in [0.05, 0.1) is 6.61 Å². The Morgan fingerprint density at radius 2 is 1.85 bits per heavy atom. The zero-order valence-electron chi connectivity index (χ0n) is 13.2. The smallest absolute Gasteiger partial charge is 0.127 e. The third-order valence-corrected chi connectivity index (χ3v) is 3.01. The van der Waals surface area contributed by atoms with Crippen LogP contribution in [0.25, 0.3) is 0 Å². The van der Waals surface area contributed by atoms with Crippen LogP contribution < -0.4 is 10.1 Å². The molecule has 0 aliphatic rings. The van der Waals surface area contributed by atoms with Gasteiger partial charge in [0.2, 0.25) is 0 Å². The van der Waals surface area contributed by atoms with Gasteiger partial charge < -0.3 is 10.1 Å². The van der Waals surface area contributed by atoms with Crippen LogP contribution in [0, 0.1) is 17.7 Å². The summed E-state index contributed by atoms with van der Waals surface area (Å²) in [7, 11) is 0. The molecular formula is C17H28FNO. The molecule has 3 heteroatoms. The number of nitrogens with one attached hydrogen (secondary N) is 1. The summed E-state index contributed by atoms with van der Waals surface area (Å²) in [5, 5.41) is 3.32. The Kier molecular flexibility index (Phi) is 7.60. The summed E-state index contributed by atoms with van der Waals surface area (Å²) in [5.74, 6) is 1.68. The molecule has 0 amide bonds. The first-order chi connectivity index (χ1) is 9.47. The van der Waals surface area contributed by atoms with Gasteiger partial charge in [-0.2, -0.15) is 0 Å². The number of rotatable bonds is 9. The fourth-order valence-corrected chi connectivity index (χ4v) is 1.99. The van der Waals surface area contributed by atoms with Crippen molar-refractivity contribution in [3.8, 4) is 5.75 Å². The molecule has 2 nitrogen and oxygen atoms in total. The van der Waals surface area contributed by atoms with Crippen molar-refractivity contribution in [1.82, 2.24) is 5.32 Å². The van der Waals surface area contributed by atoms with Crippen LogP contribution in [0.3, 0.4) is 0 Å². The molecule has 0 unspecified atom stereocenters. The molecule has 0 fully saturated rings. The van der Waals surface area contributed by atoms with E-state index in [1.807, 2.05) is 6.07 Å². The molecule has 0 bridgehead atoms. The van der Waals surface area contributed by atoms with Gasteiger partial charge in [-0.25, -0.2) is 4.39 Å². The number of hydrogen-bond acceptors (Lipinski definition) is 2. The van der Waals surface area contributed by atoms with E-state index in [1.165, 1.54) is 6.07 Å². The molecule has 1 aromatic carbocycles. The van der Waals surface area contributed by atoms with E-state index >= 15 is 0 Å². The second kappa shape index (κ2) is 8.96. The van der Waals surface area contributed by atoms with Crippen LogP contribution in [0.2, 0.25) is 0 Å². The molecule has 0 aromatic heterocycles. The van der Waals surface area contributed by atoms with Crippen molar-refractivity contribution in [1.29, 1.82) is 0 Å². The topological polar surface area (TPSA) is 21.3 Å². The minimum Gasteiger partial charge on any atom is -0.493 e. The second-order valence-electron chi connectivity index (χ2n) is 6.20. The van der Waals surface area contributed by atoms with Gasteiger partial charge in [0.15, 0.2) is 0 Å². The number of halogens is 1. The fourth-order valence-electron chi connectivity index (χ4n) is 1.99. The summed E-state index contributed by atoms with van der Waals surface area (Å²) >= 11 is 0. The van der Waals surface area contributed by atoms with Crippen molar-refractivity contribution >= 4 is 0 Å². The molecule has 1 aromatic rings. The highest BCUT2D eigenvalue weighted by Crippen LogP contribution is 2.17. The molecule has 0 spiro atoms. The predicted octanol–water partition coefficient (Wildman–Crippen LogP) is 4.39. The fraction of sp³-hybridized carbons (Fsp3) is 0.647. The summed E-state index contributed by atoms with van der Waals surface area (Å²) in [4.78, 5) is 0. The minimum atomic E-state index is -0.229. The summed E-state index contributed by atoms with van der Waals surface area (Å²) in [6.07, 6.45) is 2.15. The summed E-state index contributed by atoms with van der Waals surface area (Å²) in [5.41, 5.74) is 0.935. The summed E-state index contributed by atoms with van der Waals surface area (Å²) in [6, 6.07) is 4.95. The van der Waals surface area contributed by atoms with Crippen LogP contribution in [0.1, 0.15) is 46.1 Å². The van der Waals surface area contributed by atoms with Gasteiger partial charge in [-0.1, -0.05) is 27.7 Å². The molecule has 1 rings (SSSR count). The van der Waals surface area contributed by atoms with Gasteiger partial charge in [-0.15, -0.1) is 0 Å². The van der Waals surface area contributed by atoms with E-state index in [0.717, 1.165) is 24.9 Å². The third kappa shape index (κ3) is 7.49. The SMILES string of the molecule is CC(C)CCCOc1cc(F)cc(CNCC(C)C)c1. The molecule has 0 atom stereocenters. The average Bonchev–Trinajstić information content (AvgIpc) is 2.33. The van der Waals surface area contributed by atoms with Crippen LogP contribution in [0.5, 0.6) is 5.75 Å². The van der Waals surface area contributed by atoms with Crippen molar-refractivity contribution in [2.24, 2.45) is 11.8 Å². The third-order valence-electron chi connectivity index (χ3n) is 3.01. The quantitative estimate of drug-likeness (QED) is 0.678. The zero-order valence-corrected chi connectivity index (χ0v) is 13.2. The summed E-state index contributed by atoms with van der Waals surface area (Å²) in [6.45, 7) is 11.0. The molecule has 0 radical (unpaired) electrons. The van der Waals surface area contributed by atoms with E-state index in [2.05, 4.69) is 33.0 Å². The molecule has 0 saturated heterocycles. The summed E-state index contributed by atoms with van der Waals surface area (Å²) < 4.78 is 19.2. The van der Waals surface area contributed by atoms with E-state index in [9.17, 15) is 4.39 Å². The Morgan fingerprint density at radius 1 is 1.10 bits per heavy atom. The predicted molar refractivity (Wildman–Crippen MR) is 82.5 cm³/mol. The highest BCUT2D eigenvalue weighted by atomic mass is 19.1. The van der Waals surface area contributed by atoms with Crippen molar-refractivity contribution in [3.05, 3.63) is 29.6 Å². The van der Waals surface area contributed by atoms with Crippen molar-refractivity contribution < 1.29 is 9.13 Å². The van der Waals surface area contributed by atoms with E-state index in [1.54, 1.807) is 6.07 Å². The molecule has 0 aliphatic carbocycles. The molecular weight excluding hydrogens is 253 g/mol. The maximum atomic E-state index is 13.5. The molecule has 114 valence electrons. The van der Waals surface area contributed by atoms with E-state index in [-0.39, 0.29) is 5.82 Å². The lowest BCUT2D eigenvalue weighted by molar-refractivity contribution is 0.296. The van der Waals surface area contributed by atoms with Crippen LogP contribution in [-0.4, -0.2) is 13.2 Å². The lowest BCUT2D eigenvalue weighted by Crippen LogP contribution is -2.19. The normalized spacial score (nSPS) is 11.3. The highest BCUT2D eigenvalue weighted by Gasteiger charge is 2.03. The van der Waals surface area contributed by atoms with E-state index < -0.39 is 0 Å². The average molecular weight is 281 g/mol. The highest BCUT2D eigenvalue weighted by molar-refractivity contribution is 5.29. The zero-order chi connectivity index (χ0) is 15.0. The maximum absolute atomic E-state index is 13.5. The van der Waals surface area contributed by atoms with Gasteiger partial charge in [-0.05, 0) is 48.9 Å². The standard InChI is InChI=1S/C17H28FNO/c1-13(2)6-5-7-20-17-9-15(8-16(18)10-17)12-19-11-14(3)4/h8-10,13-14,19H,5-7,11-12H2,1-4H3. The number of ether oxygens (including phenoxy) is 1. The lowest BCUT2D eigenvalue weighted by atomic mass is 10.1. The monoisotopic (exact) mass is 281 g/mol. The van der Waals surface area contributed by atoms with Crippen molar-refractivity contribution in [2.45, 2.75) is 47.1 Å². The lowest BCUT2D eigenvalue weighted by Gasteiger charge is -2.11. The Balaban J connectivity index is 2.44. The Bertz CT molecular complexity index is 391. The first-order valence-corrected chi connectivity index (χ1v) is 7.60. The van der Waals surface area contributed by atoms with E-state index in [4.69, 9.17) is 4.74 Å². The van der Waals surface area contributed by atoms with Crippen LogP contribution in [0.4, 0.5) is 4.39 Å². The molecule has 0 aliphatic heterocycles. The Labute approximate surface area is 122 Å². The van der Waals surface area contributed by atoms with Crippen LogP contribution in [0.15, 0.2) is 18.2 Å². The Hall–Kier alpha value is -1.09. The van der Waals surface area contributed by atoms with Crippen LogP contribution >= 0.6 is 0 Å². The van der Waals surface area contributed by atoms with E-state index in [0.29, 0.717) is 30.7 Å². The number of benzene rings is 1. The van der Waals surface area contributed by atoms with Gasteiger partial charge in [0, 0.05) is 12.6 Å². The van der Waals surface area contributed by atoms with Gasteiger partial charge in [0.1, 0.15) is 11.6 Å². The van der Waals surface area contributed by atoms with Crippen molar-refractivity contribution in [3.63, 3.8) is 0 Å². The minimum absolute atomic E-state index is 0.229. The largest absolute Gasteiger partial charge is 0.493 e.